The highest BCUT2D eigenvalue weighted by molar-refractivity contribution is 6.31. The van der Waals surface area contributed by atoms with Crippen LogP contribution in [0.2, 0.25) is 5.02 Å². The van der Waals surface area contributed by atoms with Gasteiger partial charge in [0.15, 0.2) is 5.43 Å². The first-order valence-corrected chi connectivity index (χ1v) is 10.2. The molecule has 3 aromatic heterocycles. The van der Waals surface area contributed by atoms with Crippen LogP contribution in [0.5, 0.6) is 5.75 Å². The minimum atomic E-state index is -0.0159. The van der Waals surface area contributed by atoms with Gasteiger partial charge in [0.1, 0.15) is 5.75 Å². The molecule has 0 spiro atoms. The molecule has 0 fully saturated rings. The maximum atomic E-state index is 13.4. The minimum absolute atomic E-state index is 0. The lowest BCUT2D eigenvalue weighted by atomic mass is 10.0. The Kier molecular flexibility index (Phi) is 6.01. The molecule has 5 aromatic rings. The molecule has 0 amide bonds. The zero-order valence-electron chi connectivity index (χ0n) is 16.5. The van der Waals surface area contributed by atoms with E-state index in [-0.39, 0.29) is 24.4 Å². The summed E-state index contributed by atoms with van der Waals surface area (Å²) in [6.07, 6.45) is 6.43. The second-order valence-corrected chi connectivity index (χ2v) is 7.78. The van der Waals surface area contributed by atoms with Crippen LogP contribution in [0.1, 0.15) is 17.5 Å². The van der Waals surface area contributed by atoms with E-state index >= 15 is 0 Å². The molecular weight excluding hydrogens is 435 g/mol. The summed E-state index contributed by atoms with van der Waals surface area (Å²) in [5, 5.41) is 12.3. The fourth-order valence-corrected chi connectivity index (χ4v) is 4.17. The van der Waals surface area contributed by atoms with Crippen LogP contribution in [0.4, 0.5) is 0 Å². The summed E-state index contributed by atoms with van der Waals surface area (Å²) in [4.78, 5) is 17.6. The van der Waals surface area contributed by atoms with Crippen molar-refractivity contribution in [3.05, 3.63) is 87.4 Å². The van der Waals surface area contributed by atoms with Crippen molar-refractivity contribution in [1.82, 2.24) is 9.38 Å². The van der Waals surface area contributed by atoms with Crippen LogP contribution < -0.4 is 10.2 Å². The largest absolute Gasteiger partial charge is 0.493 e. The molecule has 1 N–H and O–H groups in total. The van der Waals surface area contributed by atoms with Crippen molar-refractivity contribution >= 4 is 51.2 Å². The normalized spacial score (nSPS) is 11.3. The lowest BCUT2D eigenvalue weighted by Crippen LogP contribution is -2.12. The Hall–Kier alpha value is -2.86. The van der Waals surface area contributed by atoms with E-state index in [9.17, 15) is 4.79 Å². The number of fused-ring (bicyclic) bond motifs is 3. The number of ether oxygens (including phenoxy) is 1. The summed E-state index contributed by atoms with van der Waals surface area (Å²) in [5.74, 6) is 0.621. The summed E-state index contributed by atoms with van der Waals surface area (Å²) < 4.78 is 7.88. The smallest absolute Gasteiger partial charge is 0.193 e. The highest BCUT2D eigenvalue weighted by atomic mass is 35.5. The number of halogens is 2. The molecule has 7 heteroatoms. The van der Waals surface area contributed by atoms with E-state index in [4.69, 9.17) is 21.4 Å². The summed E-state index contributed by atoms with van der Waals surface area (Å²) in [7, 11) is 0. The number of benzene rings is 2. The number of hydrogen-bond acceptors (Lipinski definition) is 4. The molecule has 2 aromatic carbocycles. The second-order valence-electron chi connectivity index (χ2n) is 7.35. The molecule has 0 unspecified atom stereocenters. The van der Waals surface area contributed by atoms with Gasteiger partial charge in [-0.05, 0) is 35.9 Å². The topological polar surface area (TPSA) is 63.8 Å². The number of rotatable bonds is 6. The van der Waals surface area contributed by atoms with Gasteiger partial charge in [-0.2, -0.15) is 0 Å². The van der Waals surface area contributed by atoms with Gasteiger partial charge in [0.25, 0.3) is 0 Å². The average Bonchev–Trinajstić information content (AvgIpc) is 3.05. The first-order valence-electron chi connectivity index (χ1n) is 9.81. The number of hydrogen-bond donors (Lipinski definition) is 1. The zero-order chi connectivity index (χ0) is 20.7. The van der Waals surface area contributed by atoms with Crippen molar-refractivity contribution in [2.45, 2.75) is 12.8 Å². The fourth-order valence-electron chi connectivity index (χ4n) is 4.01. The second kappa shape index (κ2) is 8.71. The van der Waals surface area contributed by atoms with Crippen molar-refractivity contribution in [1.29, 1.82) is 0 Å². The maximum absolute atomic E-state index is 13.4. The van der Waals surface area contributed by atoms with Crippen LogP contribution in [0.15, 0.2) is 65.8 Å². The molecule has 0 radical (unpaired) electrons. The molecule has 0 aliphatic rings. The Morgan fingerprint density at radius 1 is 1.10 bits per heavy atom. The van der Waals surface area contributed by atoms with Crippen molar-refractivity contribution in [2.75, 3.05) is 13.2 Å². The van der Waals surface area contributed by atoms with Gasteiger partial charge in [-0.3, -0.25) is 9.78 Å². The molecule has 158 valence electrons. The van der Waals surface area contributed by atoms with Gasteiger partial charge < -0.3 is 14.2 Å². The molecule has 0 aliphatic heterocycles. The molecule has 3 heterocycles. The monoisotopic (exact) mass is 454 g/mol. The lowest BCUT2D eigenvalue weighted by molar-refractivity contribution is 0.234. The first-order chi connectivity index (χ1) is 14.7. The number of nitrogens with zero attached hydrogens (tertiary/aromatic N) is 2. The van der Waals surface area contributed by atoms with Gasteiger partial charge in [0.05, 0.1) is 23.0 Å². The first kappa shape index (κ1) is 21.4. The molecule has 5 rings (SSSR count). The van der Waals surface area contributed by atoms with Gasteiger partial charge in [-0.1, -0.05) is 23.7 Å². The molecule has 5 nitrogen and oxygen atoms in total. The van der Waals surface area contributed by atoms with E-state index in [2.05, 4.69) is 9.38 Å². The van der Waals surface area contributed by atoms with E-state index in [1.807, 2.05) is 42.6 Å². The summed E-state index contributed by atoms with van der Waals surface area (Å²) in [6.45, 7) is 0.447. The van der Waals surface area contributed by atoms with Crippen LogP contribution >= 0.6 is 24.0 Å². The van der Waals surface area contributed by atoms with Crippen molar-refractivity contribution in [2.24, 2.45) is 0 Å². The Morgan fingerprint density at radius 2 is 1.94 bits per heavy atom. The predicted molar refractivity (Wildman–Crippen MR) is 126 cm³/mol. The molecule has 0 saturated heterocycles. The van der Waals surface area contributed by atoms with Gasteiger partial charge in [-0.15, -0.1) is 12.4 Å². The Bertz CT molecular complexity index is 1420. The number of aromatic nitrogens is 2. The zero-order valence-corrected chi connectivity index (χ0v) is 18.1. The third-order valence-electron chi connectivity index (χ3n) is 5.34. The van der Waals surface area contributed by atoms with Crippen LogP contribution in [0, 0.1) is 0 Å². The van der Waals surface area contributed by atoms with Crippen LogP contribution in [0.25, 0.3) is 27.2 Å². The Morgan fingerprint density at radius 3 is 2.71 bits per heavy atom. The van der Waals surface area contributed by atoms with Crippen molar-refractivity contribution < 1.29 is 9.84 Å². The number of aliphatic hydroxyl groups excluding tert-OH is 1. The third-order valence-corrected chi connectivity index (χ3v) is 5.58. The van der Waals surface area contributed by atoms with Gasteiger partial charge in [0, 0.05) is 59.4 Å². The molecule has 0 saturated carbocycles. The summed E-state index contributed by atoms with van der Waals surface area (Å²) >= 11 is 6.29. The number of pyridine rings is 2. The van der Waals surface area contributed by atoms with E-state index in [0.717, 1.165) is 27.4 Å². The van der Waals surface area contributed by atoms with Crippen molar-refractivity contribution in [3.8, 4) is 5.75 Å². The highest BCUT2D eigenvalue weighted by Crippen LogP contribution is 2.35. The van der Waals surface area contributed by atoms with Crippen LogP contribution in [-0.2, 0) is 6.42 Å². The third kappa shape index (κ3) is 3.81. The van der Waals surface area contributed by atoms with E-state index in [1.165, 1.54) is 0 Å². The summed E-state index contributed by atoms with van der Waals surface area (Å²) in [6, 6.07) is 13.3. The number of aliphatic hydroxyl groups is 1. The summed E-state index contributed by atoms with van der Waals surface area (Å²) in [5.41, 5.74) is 3.45. The lowest BCUT2D eigenvalue weighted by Gasteiger charge is -2.09. The molecule has 0 aliphatic carbocycles. The van der Waals surface area contributed by atoms with Gasteiger partial charge in [0.2, 0.25) is 0 Å². The molecule has 0 bridgehead atoms. The van der Waals surface area contributed by atoms with Crippen LogP contribution in [-0.4, -0.2) is 27.7 Å². The predicted octanol–water partition coefficient (Wildman–Crippen LogP) is 4.87. The van der Waals surface area contributed by atoms with E-state index in [1.54, 1.807) is 18.5 Å². The molecule has 31 heavy (non-hydrogen) atoms. The maximum Gasteiger partial charge on any atom is 0.193 e. The minimum Gasteiger partial charge on any atom is -0.493 e. The Labute approximate surface area is 189 Å². The molecular formula is C24H20Cl2N2O3. The fraction of sp³-hybridized carbons (Fsp3) is 0.167. The Balaban J connectivity index is 0.00000231. The van der Waals surface area contributed by atoms with Crippen LogP contribution in [0.3, 0.4) is 0 Å². The SMILES string of the molecule is Cl.O=c1c(Cc2cccnc2)cn2c3cc(Cl)ccc3c3cc(OCCCO)cc1c32. The van der Waals surface area contributed by atoms with Gasteiger partial charge in [-0.25, -0.2) is 0 Å². The average molecular weight is 455 g/mol. The van der Waals surface area contributed by atoms with Crippen molar-refractivity contribution in [3.63, 3.8) is 0 Å². The highest BCUT2D eigenvalue weighted by Gasteiger charge is 2.18. The standard InChI is InChI=1S/C24H19ClN2O3.ClH/c25-17-4-5-19-20-11-18(30-8-2-7-28)12-21-23(20)27(22(19)10-17)14-16(24(21)29)9-15-3-1-6-26-13-15;/h1,3-6,10-14,28H,2,7-9H2;1H. The molecule has 0 atom stereocenters. The van der Waals surface area contributed by atoms with E-state index in [0.29, 0.717) is 41.2 Å². The van der Waals surface area contributed by atoms with Gasteiger partial charge >= 0.3 is 0 Å². The quantitative estimate of drug-likeness (QED) is 0.372. The van der Waals surface area contributed by atoms with E-state index < -0.39 is 0 Å².